The van der Waals surface area contributed by atoms with Gasteiger partial charge in [-0.25, -0.2) is 4.39 Å². The lowest BCUT2D eigenvalue weighted by Gasteiger charge is -2.29. The van der Waals surface area contributed by atoms with Crippen molar-refractivity contribution >= 4 is 0 Å². The van der Waals surface area contributed by atoms with Crippen molar-refractivity contribution in [3.8, 4) is 16.9 Å². The Morgan fingerprint density at radius 1 is 1.19 bits per heavy atom. The summed E-state index contributed by atoms with van der Waals surface area (Å²) in [7, 11) is 3.12. The molecule has 0 aliphatic carbocycles. The SMILES string of the molecule is C=CC(C)(C)C(O)c1cc(C2OC2OC)ccc1-c1cc(OC)ccc1F. The van der Waals surface area contributed by atoms with Crippen molar-refractivity contribution in [1.82, 2.24) is 0 Å². The minimum atomic E-state index is -0.879. The van der Waals surface area contributed by atoms with Crippen molar-refractivity contribution in [2.75, 3.05) is 14.2 Å². The van der Waals surface area contributed by atoms with Crippen LogP contribution in [-0.2, 0) is 9.47 Å². The van der Waals surface area contributed by atoms with Gasteiger partial charge in [0.05, 0.1) is 13.2 Å². The van der Waals surface area contributed by atoms with Gasteiger partial charge in [-0.05, 0) is 41.0 Å². The molecule has 3 unspecified atom stereocenters. The van der Waals surface area contributed by atoms with E-state index >= 15 is 0 Å². The van der Waals surface area contributed by atoms with Gasteiger partial charge in [0.2, 0.25) is 0 Å². The fourth-order valence-corrected chi connectivity index (χ4v) is 3.09. The number of methoxy groups -OCH3 is 2. The predicted octanol–water partition coefficient (Wildman–Crippen LogP) is 4.79. The molecule has 3 atom stereocenters. The minimum Gasteiger partial charge on any atom is -0.497 e. The van der Waals surface area contributed by atoms with Crippen LogP contribution in [-0.4, -0.2) is 25.6 Å². The zero-order valence-corrected chi connectivity index (χ0v) is 16.0. The van der Waals surface area contributed by atoms with Crippen molar-refractivity contribution in [3.63, 3.8) is 0 Å². The van der Waals surface area contributed by atoms with Crippen LogP contribution >= 0.6 is 0 Å². The third kappa shape index (κ3) is 3.76. The molecule has 1 aliphatic heterocycles. The van der Waals surface area contributed by atoms with E-state index in [1.807, 2.05) is 26.0 Å². The zero-order valence-electron chi connectivity index (χ0n) is 16.0. The first-order chi connectivity index (χ1) is 12.8. The first kappa shape index (κ1) is 19.5. The Bertz CT molecular complexity index is 846. The van der Waals surface area contributed by atoms with Gasteiger partial charge in [0.25, 0.3) is 0 Å². The van der Waals surface area contributed by atoms with Gasteiger partial charge in [-0.15, -0.1) is 6.58 Å². The van der Waals surface area contributed by atoms with Gasteiger partial charge in [0.15, 0.2) is 6.29 Å². The van der Waals surface area contributed by atoms with E-state index in [0.29, 0.717) is 22.4 Å². The third-order valence-electron chi connectivity index (χ3n) is 5.08. The fraction of sp³-hybridized carbons (Fsp3) is 0.364. The number of aliphatic hydroxyl groups excluding tert-OH is 1. The summed E-state index contributed by atoms with van der Waals surface area (Å²) in [5.74, 6) is 0.162. The monoisotopic (exact) mass is 372 g/mol. The molecule has 1 saturated heterocycles. The number of aliphatic hydroxyl groups is 1. The molecule has 2 aromatic carbocycles. The smallest absolute Gasteiger partial charge is 0.188 e. The molecule has 4 nitrogen and oxygen atoms in total. The fourth-order valence-electron chi connectivity index (χ4n) is 3.09. The highest BCUT2D eigenvalue weighted by molar-refractivity contribution is 5.71. The molecule has 5 heteroatoms. The maximum absolute atomic E-state index is 14.6. The van der Waals surface area contributed by atoms with Crippen LogP contribution in [0.25, 0.3) is 11.1 Å². The number of rotatable bonds is 7. The standard InChI is InChI=1S/C22H25FO4/c1-6-22(2,3)20(24)17-11-13(19-21(26-5)27-19)7-9-15(17)16-12-14(25-4)8-10-18(16)23/h6-12,19-21,24H,1H2,2-5H3. The molecule has 1 N–H and O–H groups in total. The summed E-state index contributed by atoms with van der Waals surface area (Å²) in [6.45, 7) is 7.59. The molecule has 1 aliphatic rings. The Morgan fingerprint density at radius 3 is 2.52 bits per heavy atom. The lowest BCUT2D eigenvalue weighted by Crippen LogP contribution is -2.20. The summed E-state index contributed by atoms with van der Waals surface area (Å²) < 4.78 is 30.5. The molecular formula is C22H25FO4. The molecule has 0 aromatic heterocycles. The molecule has 2 aromatic rings. The van der Waals surface area contributed by atoms with Crippen LogP contribution in [0.4, 0.5) is 4.39 Å². The summed E-state index contributed by atoms with van der Waals surface area (Å²) in [6, 6.07) is 10.1. The molecule has 1 heterocycles. The van der Waals surface area contributed by atoms with Gasteiger partial charge >= 0.3 is 0 Å². The van der Waals surface area contributed by atoms with Crippen LogP contribution in [0.15, 0.2) is 49.1 Å². The Morgan fingerprint density at radius 2 is 1.93 bits per heavy atom. The quantitative estimate of drug-likeness (QED) is 0.561. The minimum absolute atomic E-state index is 0.183. The molecule has 0 amide bonds. The Kier molecular flexibility index (Phi) is 5.38. The van der Waals surface area contributed by atoms with Gasteiger partial charge in [-0.3, -0.25) is 0 Å². The van der Waals surface area contributed by atoms with E-state index in [9.17, 15) is 9.50 Å². The van der Waals surface area contributed by atoms with Crippen LogP contribution < -0.4 is 4.74 Å². The average Bonchev–Trinajstić information content (AvgIpc) is 3.47. The third-order valence-corrected chi connectivity index (χ3v) is 5.08. The van der Waals surface area contributed by atoms with Crippen molar-refractivity contribution in [2.24, 2.45) is 5.41 Å². The lowest BCUT2D eigenvalue weighted by atomic mass is 9.79. The highest BCUT2D eigenvalue weighted by Crippen LogP contribution is 2.45. The molecule has 0 radical (unpaired) electrons. The Hall–Kier alpha value is -2.21. The van der Waals surface area contributed by atoms with Gasteiger partial charge in [-0.2, -0.15) is 0 Å². The molecule has 27 heavy (non-hydrogen) atoms. The highest BCUT2D eigenvalue weighted by atomic mass is 19.1. The van der Waals surface area contributed by atoms with Gasteiger partial charge < -0.3 is 19.3 Å². The summed E-state index contributed by atoms with van der Waals surface area (Å²) >= 11 is 0. The first-order valence-electron chi connectivity index (χ1n) is 8.80. The maximum atomic E-state index is 14.6. The topological polar surface area (TPSA) is 51.2 Å². The van der Waals surface area contributed by atoms with E-state index in [4.69, 9.17) is 14.2 Å². The van der Waals surface area contributed by atoms with Gasteiger partial charge in [0.1, 0.15) is 17.7 Å². The number of hydrogen-bond donors (Lipinski definition) is 1. The summed E-state index contributed by atoms with van der Waals surface area (Å²) in [4.78, 5) is 0. The summed E-state index contributed by atoms with van der Waals surface area (Å²) in [6.07, 6.45) is 0.343. The van der Waals surface area contributed by atoms with Crippen molar-refractivity contribution in [3.05, 3.63) is 66.0 Å². The van der Waals surface area contributed by atoms with Crippen molar-refractivity contribution < 1.29 is 23.7 Å². The molecule has 0 spiro atoms. The van der Waals surface area contributed by atoms with E-state index in [0.717, 1.165) is 5.56 Å². The molecule has 1 fully saturated rings. The van der Waals surface area contributed by atoms with Crippen LogP contribution in [0.1, 0.15) is 37.2 Å². The van der Waals surface area contributed by atoms with E-state index < -0.39 is 11.5 Å². The van der Waals surface area contributed by atoms with E-state index in [1.54, 1.807) is 31.4 Å². The van der Waals surface area contributed by atoms with E-state index in [-0.39, 0.29) is 18.2 Å². The van der Waals surface area contributed by atoms with Crippen molar-refractivity contribution in [2.45, 2.75) is 32.3 Å². The number of benzene rings is 2. The highest BCUT2D eigenvalue weighted by Gasteiger charge is 2.41. The van der Waals surface area contributed by atoms with E-state index in [2.05, 4.69) is 6.58 Å². The summed E-state index contributed by atoms with van der Waals surface area (Å²) in [5, 5.41) is 11.1. The molecular weight excluding hydrogens is 347 g/mol. The number of ether oxygens (including phenoxy) is 3. The Labute approximate surface area is 159 Å². The first-order valence-corrected chi connectivity index (χ1v) is 8.80. The predicted molar refractivity (Wildman–Crippen MR) is 102 cm³/mol. The summed E-state index contributed by atoms with van der Waals surface area (Å²) in [5.41, 5.74) is 1.85. The van der Waals surface area contributed by atoms with Crippen LogP contribution in [0, 0.1) is 11.2 Å². The molecule has 144 valence electrons. The van der Waals surface area contributed by atoms with Gasteiger partial charge in [0, 0.05) is 18.1 Å². The zero-order chi connectivity index (χ0) is 19.8. The Balaban J connectivity index is 2.14. The van der Waals surface area contributed by atoms with Crippen LogP contribution in [0.5, 0.6) is 5.75 Å². The largest absolute Gasteiger partial charge is 0.497 e. The molecule has 0 saturated carbocycles. The molecule has 3 rings (SSSR count). The molecule has 0 bridgehead atoms. The van der Waals surface area contributed by atoms with E-state index in [1.165, 1.54) is 13.2 Å². The number of hydrogen-bond acceptors (Lipinski definition) is 4. The second-order valence-corrected chi connectivity index (χ2v) is 7.28. The lowest BCUT2D eigenvalue weighted by molar-refractivity contribution is 0.0826. The number of epoxide rings is 1. The maximum Gasteiger partial charge on any atom is 0.188 e. The average molecular weight is 372 g/mol. The second kappa shape index (κ2) is 7.43. The second-order valence-electron chi connectivity index (χ2n) is 7.28. The van der Waals surface area contributed by atoms with Crippen molar-refractivity contribution in [1.29, 1.82) is 0 Å². The number of halogens is 1. The normalized spacial score (nSPS) is 20.2. The van der Waals surface area contributed by atoms with Crippen LogP contribution in [0.2, 0.25) is 0 Å². The van der Waals surface area contributed by atoms with Crippen LogP contribution in [0.3, 0.4) is 0 Å². The van der Waals surface area contributed by atoms with Gasteiger partial charge in [-0.1, -0.05) is 32.1 Å².